The lowest BCUT2D eigenvalue weighted by Gasteiger charge is -2.20. The smallest absolute Gasteiger partial charge is 0.337 e. The Morgan fingerprint density at radius 1 is 1.20 bits per heavy atom. The van der Waals surface area contributed by atoms with Crippen LogP contribution in [0.15, 0.2) is 48.5 Å². The van der Waals surface area contributed by atoms with Gasteiger partial charge in [-0.2, -0.15) is 0 Å². The van der Waals surface area contributed by atoms with Crippen LogP contribution in [0.1, 0.15) is 21.5 Å². The quantitative estimate of drug-likeness (QED) is 0.801. The van der Waals surface area contributed by atoms with Gasteiger partial charge >= 0.3 is 5.97 Å². The minimum Gasteiger partial charge on any atom is -0.465 e. The van der Waals surface area contributed by atoms with Crippen molar-refractivity contribution in [3.63, 3.8) is 0 Å². The zero-order chi connectivity index (χ0) is 13.9. The van der Waals surface area contributed by atoms with Crippen LogP contribution in [0.4, 0.5) is 5.69 Å². The lowest BCUT2D eigenvalue weighted by atomic mass is 10.1. The number of esters is 1. The van der Waals surface area contributed by atoms with E-state index in [0.29, 0.717) is 5.56 Å². The van der Waals surface area contributed by atoms with Crippen molar-refractivity contribution in [1.82, 2.24) is 0 Å². The van der Waals surface area contributed by atoms with Crippen molar-refractivity contribution < 1.29 is 9.53 Å². The Morgan fingerprint density at radius 2 is 2.00 bits per heavy atom. The molecule has 3 heteroatoms. The van der Waals surface area contributed by atoms with Gasteiger partial charge in [-0.1, -0.05) is 36.4 Å². The van der Waals surface area contributed by atoms with Gasteiger partial charge in [-0.25, -0.2) is 4.79 Å². The molecule has 0 radical (unpaired) electrons. The van der Waals surface area contributed by atoms with Gasteiger partial charge in [0.1, 0.15) is 0 Å². The van der Waals surface area contributed by atoms with E-state index in [2.05, 4.69) is 29.2 Å². The van der Waals surface area contributed by atoms with Crippen LogP contribution in [0, 0.1) is 0 Å². The van der Waals surface area contributed by atoms with Crippen LogP contribution in [0.5, 0.6) is 0 Å². The van der Waals surface area contributed by atoms with E-state index in [4.69, 9.17) is 4.74 Å². The molecule has 2 aromatic rings. The lowest BCUT2D eigenvalue weighted by Crippen LogP contribution is -2.19. The fourth-order valence-corrected chi connectivity index (χ4v) is 2.66. The van der Waals surface area contributed by atoms with Gasteiger partial charge in [-0.3, -0.25) is 0 Å². The summed E-state index contributed by atoms with van der Waals surface area (Å²) >= 11 is 0. The number of hydrogen-bond acceptors (Lipinski definition) is 3. The fraction of sp³-hybridized carbons (Fsp3) is 0.235. The number of rotatable bonds is 3. The lowest BCUT2D eigenvalue weighted by molar-refractivity contribution is 0.0601. The van der Waals surface area contributed by atoms with Crippen molar-refractivity contribution in [3.05, 3.63) is 65.2 Å². The highest BCUT2D eigenvalue weighted by molar-refractivity contribution is 5.91. The number of ether oxygens (including phenoxy) is 1. The van der Waals surface area contributed by atoms with E-state index in [1.165, 1.54) is 18.2 Å². The van der Waals surface area contributed by atoms with Crippen molar-refractivity contribution in [2.24, 2.45) is 0 Å². The Morgan fingerprint density at radius 3 is 2.75 bits per heavy atom. The number of fused-ring (bicyclic) bond motifs is 1. The van der Waals surface area contributed by atoms with E-state index in [-0.39, 0.29) is 5.97 Å². The third-order valence-electron chi connectivity index (χ3n) is 3.71. The largest absolute Gasteiger partial charge is 0.465 e. The maximum atomic E-state index is 11.6. The molecule has 20 heavy (non-hydrogen) atoms. The molecule has 0 amide bonds. The molecule has 0 fully saturated rings. The van der Waals surface area contributed by atoms with Crippen LogP contribution in [-0.2, 0) is 17.7 Å². The van der Waals surface area contributed by atoms with Gasteiger partial charge in [0.25, 0.3) is 0 Å². The van der Waals surface area contributed by atoms with Gasteiger partial charge < -0.3 is 9.64 Å². The number of hydrogen-bond donors (Lipinski definition) is 0. The molecule has 3 nitrogen and oxygen atoms in total. The second-order valence-electron chi connectivity index (χ2n) is 4.99. The number of carbonyl (C=O) groups excluding carboxylic acids is 1. The number of benzene rings is 2. The molecule has 0 unspecified atom stereocenters. The number of carbonyl (C=O) groups is 1. The molecule has 0 aromatic heterocycles. The van der Waals surface area contributed by atoms with Crippen LogP contribution in [0.25, 0.3) is 0 Å². The highest BCUT2D eigenvalue weighted by Crippen LogP contribution is 2.30. The molecule has 1 aliphatic heterocycles. The minimum absolute atomic E-state index is 0.278. The summed E-state index contributed by atoms with van der Waals surface area (Å²) < 4.78 is 4.79. The molecular weight excluding hydrogens is 250 g/mol. The third-order valence-corrected chi connectivity index (χ3v) is 3.71. The van der Waals surface area contributed by atoms with Gasteiger partial charge in [0, 0.05) is 18.8 Å². The molecule has 0 saturated carbocycles. The van der Waals surface area contributed by atoms with Crippen LogP contribution >= 0.6 is 0 Å². The summed E-state index contributed by atoms with van der Waals surface area (Å²) in [6.45, 7) is 1.87. The second kappa shape index (κ2) is 5.37. The maximum Gasteiger partial charge on any atom is 0.337 e. The van der Waals surface area contributed by atoms with Crippen molar-refractivity contribution in [1.29, 1.82) is 0 Å². The monoisotopic (exact) mass is 267 g/mol. The molecule has 1 aliphatic rings. The average Bonchev–Trinajstić information content (AvgIpc) is 2.90. The predicted molar refractivity (Wildman–Crippen MR) is 79.0 cm³/mol. The van der Waals surface area contributed by atoms with Gasteiger partial charge in [0.05, 0.1) is 12.7 Å². The first-order valence-corrected chi connectivity index (χ1v) is 6.78. The van der Waals surface area contributed by atoms with Crippen molar-refractivity contribution in [3.8, 4) is 0 Å². The number of methoxy groups -OCH3 is 1. The first kappa shape index (κ1) is 12.7. The Labute approximate surface area is 118 Å². The number of nitrogens with zero attached hydrogens (tertiary/aromatic N) is 1. The Kier molecular flexibility index (Phi) is 3.42. The summed E-state index contributed by atoms with van der Waals surface area (Å²) in [6, 6.07) is 16.2. The summed E-state index contributed by atoms with van der Waals surface area (Å²) in [5, 5.41) is 0. The van der Waals surface area contributed by atoms with Crippen molar-refractivity contribution in [2.45, 2.75) is 13.0 Å². The van der Waals surface area contributed by atoms with Crippen molar-refractivity contribution in [2.75, 3.05) is 18.6 Å². The summed E-state index contributed by atoms with van der Waals surface area (Å²) in [4.78, 5) is 14.0. The summed E-state index contributed by atoms with van der Waals surface area (Å²) in [6.07, 6.45) is 1.03. The molecule has 1 heterocycles. The van der Waals surface area contributed by atoms with Crippen LogP contribution in [0.3, 0.4) is 0 Å². The average molecular weight is 267 g/mol. The third kappa shape index (κ3) is 2.39. The minimum atomic E-state index is -0.278. The van der Waals surface area contributed by atoms with Crippen molar-refractivity contribution >= 4 is 11.7 Å². The molecule has 102 valence electrons. The summed E-state index contributed by atoms with van der Waals surface area (Å²) in [7, 11) is 1.41. The van der Waals surface area contributed by atoms with Gasteiger partial charge in [-0.15, -0.1) is 0 Å². The standard InChI is InChI=1S/C17H17NO2/c1-20-17(19)15-8-7-14-9-10-18(16(14)11-15)12-13-5-3-2-4-6-13/h2-8,11H,9-10,12H2,1H3. The predicted octanol–water partition coefficient (Wildman–Crippen LogP) is 3.04. The highest BCUT2D eigenvalue weighted by Gasteiger charge is 2.20. The van der Waals surface area contributed by atoms with Gasteiger partial charge in [-0.05, 0) is 29.7 Å². The fourth-order valence-electron chi connectivity index (χ4n) is 2.66. The first-order chi connectivity index (χ1) is 9.78. The Hall–Kier alpha value is -2.29. The Bertz CT molecular complexity index is 622. The molecule has 0 aliphatic carbocycles. The zero-order valence-electron chi connectivity index (χ0n) is 11.5. The van der Waals surface area contributed by atoms with Gasteiger partial charge in [0.15, 0.2) is 0 Å². The summed E-state index contributed by atoms with van der Waals surface area (Å²) in [5.41, 5.74) is 4.35. The van der Waals surface area contributed by atoms with E-state index < -0.39 is 0 Å². The van der Waals surface area contributed by atoms with Gasteiger partial charge in [0.2, 0.25) is 0 Å². The summed E-state index contributed by atoms with van der Waals surface area (Å²) in [5.74, 6) is -0.278. The Balaban J connectivity index is 1.87. The van der Waals surface area contributed by atoms with E-state index in [1.54, 1.807) is 0 Å². The zero-order valence-corrected chi connectivity index (χ0v) is 11.5. The van der Waals surface area contributed by atoms with E-state index >= 15 is 0 Å². The van der Waals surface area contributed by atoms with E-state index in [1.807, 2.05) is 24.3 Å². The SMILES string of the molecule is COC(=O)c1ccc2c(c1)N(Cc1ccccc1)CC2. The van der Waals surface area contributed by atoms with E-state index in [0.717, 1.165) is 25.2 Å². The molecule has 0 bridgehead atoms. The van der Waals surface area contributed by atoms with E-state index in [9.17, 15) is 4.79 Å². The molecule has 2 aromatic carbocycles. The molecular formula is C17H17NO2. The molecule has 3 rings (SSSR count). The molecule has 0 N–H and O–H groups in total. The normalized spacial score (nSPS) is 13.2. The first-order valence-electron chi connectivity index (χ1n) is 6.78. The maximum absolute atomic E-state index is 11.6. The molecule has 0 atom stereocenters. The van der Waals surface area contributed by atoms with Crippen LogP contribution in [-0.4, -0.2) is 19.6 Å². The highest BCUT2D eigenvalue weighted by atomic mass is 16.5. The number of anilines is 1. The molecule has 0 spiro atoms. The van der Waals surface area contributed by atoms with Crippen LogP contribution < -0.4 is 4.90 Å². The van der Waals surface area contributed by atoms with Crippen LogP contribution in [0.2, 0.25) is 0 Å². The topological polar surface area (TPSA) is 29.5 Å². The second-order valence-corrected chi connectivity index (χ2v) is 4.99. The molecule has 0 saturated heterocycles.